The van der Waals surface area contributed by atoms with Crippen LogP contribution in [0.3, 0.4) is 0 Å². The average Bonchev–Trinajstić information content (AvgIpc) is 3.21. The van der Waals surface area contributed by atoms with E-state index in [2.05, 4.69) is 19.2 Å². The van der Waals surface area contributed by atoms with E-state index < -0.39 is 12.2 Å². The number of ether oxygens (including phenoxy) is 1. The van der Waals surface area contributed by atoms with E-state index in [1.807, 2.05) is 0 Å². The van der Waals surface area contributed by atoms with Gasteiger partial charge in [-0.25, -0.2) is 0 Å². The molecule has 1 fully saturated rings. The first-order chi connectivity index (χ1) is 10.3. The van der Waals surface area contributed by atoms with Gasteiger partial charge in [0.1, 0.15) is 0 Å². The Morgan fingerprint density at radius 3 is 2.59 bits per heavy atom. The van der Waals surface area contributed by atoms with Gasteiger partial charge in [0.15, 0.2) is 0 Å². The van der Waals surface area contributed by atoms with Gasteiger partial charge in [0.05, 0.1) is 25.4 Å². The first kappa shape index (κ1) is 19.4. The maximum atomic E-state index is 11.1. The molecule has 0 heterocycles. The number of hydrogen-bond acceptors (Lipinski definition) is 4. The van der Waals surface area contributed by atoms with Gasteiger partial charge >= 0.3 is 0 Å². The molecule has 130 valence electrons. The van der Waals surface area contributed by atoms with Crippen LogP contribution in [-0.2, 0) is 9.53 Å². The molecule has 22 heavy (non-hydrogen) atoms. The summed E-state index contributed by atoms with van der Waals surface area (Å²) in [5.41, 5.74) is 0.157. The first-order valence-electron chi connectivity index (χ1n) is 8.53. The molecular formula is C17H33NO4. The summed E-state index contributed by atoms with van der Waals surface area (Å²) in [6.45, 7) is 7.52. The summed E-state index contributed by atoms with van der Waals surface area (Å²) in [5, 5.41) is 22.4. The number of aliphatic hydroxyl groups is 2. The monoisotopic (exact) mass is 315 g/mol. The highest BCUT2D eigenvalue weighted by molar-refractivity contribution is 5.75. The van der Waals surface area contributed by atoms with Gasteiger partial charge in [-0.15, -0.1) is 0 Å². The van der Waals surface area contributed by atoms with Crippen LogP contribution in [0.25, 0.3) is 0 Å². The lowest BCUT2D eigenvalue weighted by Gasteiger charge is -2.25. The minimum atomic E-state index is -0.659. The molecule has 5 heteroatoms. The second-order valence-corrected chi connectivity index (χ2v) is 7.36. The van der Waals surface area contributed by atoms with E-state index in [0.717, 1.165) is 5.92 Å². The van der Waals surface area contributed by atoms with Crippen molar-refractivity contribution in [1.82, 2.24) is 5.32 Å². The van der Waals surface area contributed by atoms with Gasteiger partial charge in [0, 0.05) is 19.4 Å². The highest BCUT2D eigenvalue weighted by Gasteiger charge is 2.30. The summed E-state index contributed by atoms with van der Waals surface area (Å²) < 4.78 is 5.62. The minimum Gasteiger partial charge on any atom is -0.393 e. The molecule has 1 rings (SSSR count). The Labute approximate surface area is 134 Å². The molecule has 0 aromatic heterocycles. The van der Waals surface area contributed by atoms with Crippen molar-refractivity contribution in [3.8, 4) is 0 Å². The molecule has 1 aliphatic rings. The van der Waals surface area contributed by atoms with Gasteiger partial charge in [0.2, 0.25) is 5.91 Å². The summed E-state index contributed by atoms with van der Waals surface area (Å²) in [5.74, 6) is 0.845. The molecule has 0 bridgehead atoms. The van der Waals surface area contributed by atoms with Gasteiger partial charge < -0.3 is 20.3 Å². The van der Waals surface area contributed by atoms with Crippen LogP contribution in [0.2, 0.25) is 0 Å². The number of rotatable bonds is 12. The second-order valence-electron chi connectivity index (χ2n) is 7.36. The Hall–Kier alpha value is -0.650. The molecule has 2 atom stereocenters. The van der Waals surface area contributed by atoms with Crippen LogP contribution < -0.4 is 5.32 Å². The molecule has 1 saturated carbocycles. The first-order valence-corrected chi connectivity index (χ1v) is 8.53. The lowest BCUT2D eigenvalue weighted by Crippen LogP contribution is -2.30. The molecule has 1 amide bonds. The van der Waals surface area contributed by atoms with Crippen molar-refractivity contribution in [3.05, 3.63) is 0 Å². The van der Waals surface area contributed by atoms with Crippen LogP contribution in [0.4, 0.5) is 0 Å². The zero-order valence-corrected chi connectivity index (χ0v) is 14.3. The van der Waals surface area contributed by atoms with Crippen molar-refractivity contribution >= 4 is 5.91 Å². The summed E-state index contributed by atoms with van der Waals surface area (Å²) >= 11 is 0. The topological polar surface area (TPSA) is 78.8 Å². The lowest BCUT2D eigenvalue weighted by molar-refractivity contribution is -0.120. The molecule has 0 radical (unpaired) electrons. The van der Waals surface area contributed by atoms with Crippen LogP contribution in [-0.4, -0.2) is 48.1 Å². The van der Waals surface area contributed by atoms with Crippen molar-refractivity contribution in [2.45, 2.75) is 71.5 Å². The van der Waals surface area contributed by atoms with Crippen LogP contribution >= 0.6 is 0 Å². The summed E-state index contributed by atoms with van der Waals surface area (Å²) in [4.78, 5) is 11.1. The predicted molar refractivity (Wildman–Crippen MR) is 86.5 cm³/mol. The SMILES string of the molecule is CCC(=O)NCCC(O)CC(O)COCC(C)(C)CC1CC1. The number of aliphatic hydroxyl groups excluding tert-OH is 2. The number of nitrogens with one attached hydrogen (secondary N) is 1. The van der Waals surface area contributed by atoms with Gasteiger partial charge in [-0.2, -0.15) is 0 Å². The van der Waals surface area contributed by atoms with E-state index in [4.69, 9.17) is 4.74 Å². The third kappa shape index (κ3) is 9.38. The normalized spacial score (nSPS) is 18.0. The molecule has 0 aliphatic heterocycles. The van der Waals surface area contributed by atoms with Crippen LogP contribution in [0, 0.1) is 11.3 Å². The van der Waals surface area contributed by atoms with Gasteiger partial charge in [-0.1, -0.05) is 33.6 Å². The molecule has 0 spiro atoms. The van der Waals surface area contributed by atoms with Crippen LogP contribution in [0.1, 0.15) is 59.3 Å². The Morgan fingerprint density at radius 1 is 1.32 bits per heavy atom. The molecule has 1 aliphatic carbocycles. The van der Waals surface area contributed by atoms with Crippen molar-refractivity contribution in [2.75, 3.05) is 19.8 Å². The van der Waals surface area contributed by atoms with Crippen molar-refractivity contribution in [3.63, 3.8) is 0 Å². The molecular weight excluding hydrogens is 282 g/mol. The number of hydrogen-bond donors (Lipinski definition) is 3. The Morgan fingerprint density at radius 2 is 2.00 bits per heavy atom. The van der Waals surface area contributed by atoms with E-state index in [9.17, 15) is 15.0 Å². The molecule has 5 nitrogen and oxygen atoms in total. The predicted octanol–water partition coefficient (Wildman–Crippen LogP) is 1.86. The summed E-state index contributed by atoms with van der Waals surface area (Å²) in [7, 11) is 0. The van der Waals surface area contributed by atoms with Crippen LogP contribution in [0.5, 0.6) is 0 Å². The highest BCUT2D eigenvalue weighted by Crippen LogP contribution is 2.40. The summed E-state index contributed by atoms with van der Waals surface area (Å²) in [6.07, 6.45) is 3.77. The zero-order valence-electron chi connectivity index (χ0n) is 14.3. The fourth-order valence-electron chi connectivity index (χ4n) is 2.64. The minimum absolute atomic E-state index is 0.0195. The van der Waals surface area contributed by atoms with E-state index in [0.29, 0.717) is 26.0 Å². The third-order valence-corrected chi connectivity index (χ3v) is 4.01. The maximum Gasteiger partial charge on any atom is 0.219 e. The van der Waals surface area contributed by atoms with Crippen LogP contribution in [0.15, 0.2) is 0 Å². The van der Waals surface area contributed by atoms with Gasteiger partial charge in [0.25, 0.3) is 0 Å². The fourth-order valence-corrected chi connectivity index (χ4v) is 2.64. The quantitative estimate of drug-likeness (QED) is 0.513. The molecule has 3 N–H and O–H groups in total. The molecule has 0 aromatic carbocycles. The fraction of sp³-hybridized carbons (Fsp3) is 0.941. The molecule has 0 saturated heterocycles. The number of carbonyl (C=O) groups excluding carboxylic acids is 1. The third-order valence-electron chi connectivity index (χ3n) is 4.01. The smallest absolute Gasteiger partial charge is 0.219 e. The van der Waals surface area contributed by atoms with Crippen molar-refractivity contribution in [1.29, 1.82) is 0 Å². The zero-order chi connectivity index (χ0) is 16.6. The highest BCUT2D eigenvalue weighted by atomic mass is 16.5. The van der Waals surface area contributed by atoms with Gasteiger partial charge in [-0.05, 0) is 24.2 Å². The largest absolute Gasteiger partial charge is 0.393 e. The molecule has 2 unspecified atom stereocenters. The van der Waals surface area contributed by atoms with Gasteiger partial charge in [-0.3, -0.25) is 4.79 Å². The van der Waals surface area contributed by atoms with Crippen molar-refractivity contribution < 1.29 is 19.7 Å². The Balaban J connectivity index is 2.06. The van der Waals surface area contributed by atoms with E-state index >= 15 is 0 Å². The van der Waals surface area contributed by atoms with Crippen molar-refractivity contribution in [2.24, 2.45) is 11.3 Å². The average molecular weight is 315 g/mol. The standard InChI is InChI=1S/C17H33NO4/c1-4-16(21)18-8-7-14(19)9-15(20)11-22-12-17(2,3)10-13-5-6-13/h13-15,19-20H,4-12H2,1-3H3,(H,18,21). The maximum absolute atomic E-state index is 11.1. The Kier molecular flexibility index (Phi) is 8.36. The lowest BCUT2D eigenvalue weighted by atomic mass is 9.88. The summed E-state index contributed by atoms with van der Waals surface area (Å²) in [6, 6.07) is 0. The molecule has 0 aromatic rings. The van der Waals surface area contributed by atoms with E-state index in [-0.39, 0.29) is 24.3 Å². The number of carbonyl (C=O) groups is 1. The second kappa shape index (κ2) is 9.48. The number of amides is 1. The Bertz CT molecular complexity index is 329. The van der Waals surface area contributed by atoms with E-state index in [1.165, 1.54) is 19.3 Å². The van der Waals surface area contributed by atoms with E-state index in [1.54, 1.807) is 6.92 Å².